The summed E-state index contributed by atoms with van der Waals surface area (Å²) < 4.78 is 37.1. The molecule has 0 spiro atoms. The third-order valence-corrected chi connectivity index (χ3v) is 5.41. The van der Waals surface area contributed by atoms with Crippen molar-refractivity contribution in [3.63, 3.8) is 0 Å². The molecule has 128 valence electrons. The van der Waals surface area contributed by atoms with Crippen LogP contribution in [0.5, 0.6) is 0 Å². The Morgan fingerprint density at radius 3 is 2.87 bits per heavy atom. The first-order valence-electron chi connectivity index (χ1n) is 7.04. The van der Waals surface area contributed by atoms with Crippen molar-refractivity contribution >= 4 is 39.1 Å². The number of benzene rings is 1. The van der Waals surface area contributed by atoms with E-state index in [0.29, 0.717) is 6.61 Å². The van der Waals surface area contributed by atoms with E-state index in [4.69, 9.17) is 32.7 Å². The van der Waals surface area contributed by atoms with Gasteiger partial charge in [-0.3, -0.25) is 4.79 Å². The molecule has 1 N–H and O–H groups in total. The Balaban J connectivity index is 1.98. The summed E-state index contributed by atoms with van der Waals surface area (Å²) in [6.07, 6.45) is 0.831. The van der Waals surface area contributed by atoms with Gasteiger partial charge in [0.1, 0.15) is 11.0 Å². The minimum absolute atomic E-state index is 0.0253. The Labute approximate surface area is 145 Å². The summed E-state index contributed by atoms with van der Waals surface area (Å²) in [6.45, 7) is 2.39. The number of nitrogens with one attached hydrogen (secondary N) is 1. The molecule has 1 amide bonds. The molecule has 0 bridgehead atoms. The number of sulfonamides is 1. The molecule has 1 aromatic carbocycles. The van der Waals surface area contributed by atoms with Gasteiger partial charge >= 0.3 is 0 Å². The maximum absolute atomic E-state index is 12.2. The molecule has 1 fully saturated rings. The van der Waals surface area contributed by atoms with Gasteiger partial charge in [0.15, 0.2) is 0 Å². The molecule has 6 nitrogen and oxygen atoms in total. The number of hydrogen-bond acceptors (Lipinski definition) is 5. The molecule has 0 aromatic heterocycles. The first-order chi connectivity index (χ1) is 10.8. The molecule has 9 heteroatoms. The fraction of sp³-hybridized carbons (Fsp3) is 0.500. The monoisotopic (exact) mass is 381 g/mol. The van der Waals surface area contributed by atoms with E-state index in [1.807, 2.05) is 4.72 Å². The summed E-state index contributed by atoms with van der Waals surface area (Å²) in [5.74, 6) is -0.779. The Morgan fingerprint density at radius 2 is 2.22 bits per heavy atom. The second kappa shape index (κ2) is 7.81. The fourth-order valence-corrected chi connectivity index (χ4v) is 3.86. The van der Waals surface area contributed by atoms with Crippen molar-refractivity contribution in [1.82, 2.24) is 4.72 Å². The van der Waals surface area contributed by atoms with Crippen LogP contribution in [0.1, 0.15) is 19.8 Å². The minimum Gasteiger partial charge on any atom is -0.376 e. The lowest BCUT2D eigenvalue weighted by Gasteiger charge is -2.16. The highest BCUT2D eigenvalue weighted by atomic mass is 35.5. The minimum atomic E-state index is -4.12. The standard InChI is InChI=1S/C14H17Cl2NO5S/c1-9(22-8-11-3-2-6-21-11)14(18)17-23(19,20)13-7-10(15)4-5-12(13)16/h4-5,7,9,11H,2-3,6,8H2,1H3,(H,17,18). The van der Waals surface area contributed by atoms with Crippen molar-refractivity contribution in [1.29, 1.82) is 0 Å². The van der Waals surface area contributed by atoms with Gasteiger partial charge in [-0.15, -0.1) is 0 Å². The summed E-state index contributed by atoms with van der Waals surface area (Å²) in [4.78, 5) is 11.7. The number of hydrogen-bond donors (Lipinski definition) is 1. The predicted molar refractivity (Wildman–Crippen MR) is 86.2 cm³/mol. The van der Waals surface area contributed by atoms with Crippen molar-refractivity contribution in [3.8, 4) is 0 Å². The molecule has 23 heavy (non-hydrogen) atoms. The van der Waals surface area contributed by atoms with Crippen LogP contribution in [0.4, 0.5) is 0 Å². The fourth-order valence-electron chi connectivity index (χ4n) is 2.06. The Hall–Kier alpha value is -0.860. The number of rotatable bonds is 6. The highest BCUT2D eigenvalue weighted by Crippen LogP contribution is 2.24. The van der Waals surface area contributed by atoms with Crippen LogP contribution >= 0.6 is 23.2 Å². The molecular formula is C14H17Cl2NO5S. The van der Waals surface area contributed by atoms with Gasteiger partial charge in [0.2, 0.25) is 0 Å². The quantitative estimate of drug-likeness (QED) is 0.817. The second-order valence-corrected chi connectivity index (χ2v) is 7.65. The molecule has 1 heterocycles. The Bertz CT molecular complexity index is 674. The van der Waals surface area contributed by atoms with E-state index in [9.17, 15) is 13.2 Å². The molecular weight excluding hydrogens is 365 g/mol. The maximum Gasteiger partial charge on any atom is 0.265 e. The van der Waals surface area contributed by atoms with Crippen LogP contribution < -0.4 is 4.72 Å². The normalized spacial score (nSPS) is 19.5. The van der Waals surface area contributed by atoms with Crippen molar-refractivity contribution in [2.75, 3.05) is 13.2 Å². The van der Waals surface area contributed by atoms with Crippen LogP contribution in [-0.2, 0) is 24.3 Å². The van der Waals surface area contributed by atoms with Gasteiger partial charge in [-0.1, -0.05) is 23.2 Å². The third kappa shape index (κ3) is 5.06. The lowest BCUT2D eigenvalue weighted by Crippen LogP contribution is -2.39. The summed E-state index contributed by atoms with van der Waals surface area (Å²) in [7, 11) is -4.12. The Kier molecular flexibility index (Phi) is 6.27. The van der Waals surface area contributed by atoms with Crippen molar-refractivity contribution < 1.29 is 22.7 Å². The number of halogens is 2. The third-order valence-electron chi connectivity index (χ3n) is 3.34. The largest absolute Gasteiger partial charge is 0.376 e. The van der Waals surface area contributed by atoms with E-state index in [-0.39, 0.29) is 27.7 Å². The van der Waals surface area contributed by atoms with Gasteiger partial charge in [0, 0.05) is 11.6 Å². The van der Waals surface area contributed by atoms with Crippen LogP contribution in [0.15, 0.2) is 23.1 Å². The zero-order chi connectivity index (χ0) is 17.0. The first-order valence-corrected chi connectivity index (χ1v) is 9.28. The molecule has 1 aliphatic heterocycles. The van der Waals surface area contributed by atoms with Crippen molar-refractivity contribution in [2.24, 2.45) is 0 Å². The van der Waals surface area contributed by atoms with E-state index in [0.717, 1.165) is 12.8 Å². The number of carbonyl (C=O) groups excluding carboxylic acids is 1. The van der Waals surface area contributed by atoms with Crippen LogP contribution in [0.25, 0.3) is 0 Å². The molecule has 1 aromatic rings. The topological polar surface area (TPSA) is 81.7 Å². The summed E-state index contributed by atoms with van der Waals surface area (Å²) in [6, 6.07) is 3.98. The van der Waals surface area contributed by atoms with Gasteiger partial charge in [0.05, 0.1) is 17.7 Å². The SMILES string of the molecule is CC(OCC1CCCO1)C(=O)NS(=O)(=O)c1cc(Cl)ccc1Cl. The summed E-state index contributed by atoms with van der Waals surface area (Å²) in [5, 5.41) is 0.174. The zero-order valence-electron chi connectivity index (χ0n) is 12.4. The van der Waals surface area contributed by atoms with Crippen LogP contribution in [0.3, 0.4) is 0 Å². The first kappa shape index (κ1) is 18.5. The maximum atomic E-state index is 12.2. The lowest BCUT2D eigenvalue weighted by molar-refractivity contribution is -0.131. The van der Waals surface area contributed by atoms with E-state index in [1.54, 1.807) is 0 Å². The molecule has 0 radical (unpaired) electrons. The molecule has 0 saturated carbocycles. The highest BCUT2D eigenvalue weighted by Gasteiger charge is 2.25. The lowest BCUT2D eigenvalue weighted by atomic mass is 10.2. The van der Waals surface area contributed by atoms with Gasteiger partial charge in [-0.05, 0) is 38.0 Å². The number of ether oxygens (including phenoxy) is 2. The highest BCUT2D eigenvalue weighted by molar-refractivity contribution is 7.90. The smallest absolute Gasteiger partial charge is 0.265 e. The van der Waals surface area contributed by atoms with E-state index in [2.05, 4.69) is 0 Å². The van der Waals surface area contributed by atoms with Crippen molar-refractivity contribution in [3.05, 3.63) is 28.2 Å². The molecule has 2 unspecified atom stereocenters. The summed E-state index contributed by atoms with van der Waals surface area (Å²) >= 11 is 11.6. The van der Waals surface area contributed by atoms with Gasteiger partial charge < -0.3 is 9.47 Å². The van der Waals surface area contributed by atoms with Crippen LogP contribution in [0, 0.1) is 0 Å². The molecule has 1 saturated heterocycles. The van der Waals surface area contributed by atoms with Gasteiger partial charge in [-0.25, -0.2) is 13.1 Å². The van der Waals surface area contributed by atoms with E-state index < -0.39 is 22.0 Å². The average Bonchev–Trinajstić information content (AvgIpc) is 3.00. The summed E-state index contributed by atoms with van der Waals surface area (Å²) in [5.41, 5.74) is 0. The van der Waals surface area contributed by atoms with Gasteiger partial charge in [-0.2, -0.15) is 0 Å². The van der Waals surface area contributed by atoms with Gasteiger partial charge in [0.25, 0.3) is 15.9 Å². The molecule has 0 aliphatic carbocycles. The molecule has 2 rings (SSSR count). The number of amides is 1. The van der Waals surface area contributed by atoms with Crippen molar-refractivity contribution in [2.45, 2.75) is 36.9 Å². The van der Waals surface area contributed by atoms with E-state index >= 15 is 0 Å². The molecule has 2 atom stereocenters. The number of carbonyl (C=O) groups is 1. The Morgan fingerprint density at radius 1 is 1.48 bits per heavy atom. The molecule has 1 aliphatic rings. The van der Waals surface area contributed by atoms with Crippen LogP contribution in [0.2, 0.25) is 10.0 Å². The predicted octanol–water partition coefficient (Wildman–Crippen LogP) is 2.38. The second-order valence-electron chi connectivity index (χ2n) is 5.16. The van der Waals surface area contributed by atoms with E-state index in [1.165, 1.54) is 25.1 Å². The zero-order valence-corrected chi connectivity index (χ0v) is 14.7. The average molecular weight is 382 g/mol. The van der Waals surface area contributed by atoms with Crippen LogP contribution in [-0.4, -0.2) is 39.7 Å².